The van der Waals surface area contributed by atoms with Gasteiger partial charge >= 0.3 is 0 Å². The Morgan fingerprint density at radius 1 is 1.47 bits per heavy atom. The highest BCUT2D eigenvalue weighted by atomic mass is 35.5. The largest absolute Gasteiger partial charge is 0.382 e. The quantitative estimate of drug-likeness (QED) is 0.683. The van der Waals surface area contributed by atoms with Crippen LogP contribution in [0.4, 0.5) is 0 Å². The van der Waals surface area contributed by atoms with Crippen LogP contribution in [-0.2, 0) is 4.74 Å². The summed E-state index contributed by atoms with van der Waals surface area (Å²) in [6, 6.07) is 1.83. The zero-order chi connectivity index (χ0) is 12.4. The van der Waals surface area contributed by atoms with Crippen molar-refractivity contribution in [2.75, 3.05) is 20.3 Å². The Balaban J connectivity index is 2.55. The zero-order valence-corrected chi connectivity index (χ0v) is 10.7. The van der Waals surface area contributed by atoms with Crippen molar-refractivity contribution >= 4 is 34.2 Å². The van der Waals surface area contributed by atoms with Crippen LogP contribution in [-0.4, -0.2) is 34.8 Å². The van der Waals surface area contributed by atoms with Crippen LogP contribution in [0.3, 0.4) is 0 Å². The smallest absolute Gasteiger partial charge is 0.224 e. The summed E-state index contributed by atoms with van der Waals surface area (Å²) >= 11 is 11.8. The van der Waals surface area contributed by atoms with Crippen molar-refractivity contribution < 1.29 is 4.74 Å². The number of hydrogen-bond acceptors (Lipinski definition) is 4. The molecule has 2 rings (SSSR count). The summed E-state index contributed by atoms with van der Waals surface area (Å²) < 4.78 is 7.03. The van der Waals surface area contributed by atoms with E-state index in [0.29, 0.717) is 23.8 Å². The lowest BCUT2D eigenvalue weighted by Gasteiger charge is -2.17. The van der Waals surface area contributed by atoms with Crippen LogP contribution < -0.4 is 5.73 Å². The van der Waals surface area contributed by atoms with Gasteiger partial charge in [-0.3, -0.25) is 0 Å². The molecule has 5 nitrogen and oxygen atoms in total. The number of fused-ring (bicyclic) bond motifs is 1. The lowest BCUT2D eigenvalue weighted by atomic mass is 10.3. The molecule has 1 atom stereocenters. The minimum absolute atomic E-state index is 0.000208. The van der Waals surface area contributed by atoms with Gasteiger partial charge in [-0.15, -0.1) is 0 Å². The molecule has 2 aromatic rings. The lowest BCUT2D eigenvalue weighted by Crippen LogP contribution is -2.23. The van der Waals surface area contributed by atoms with E-state index in [9.17, 15) is 0 Å². The highest BCUT2D eigenvalue weighted by Crippen LogP contribution is 2.25. The third-order valence-corrected chi connectivity index (χ3v) is 2.95. The molecule has 0 unspecified atom stereocenters. The van der Waals surface area contributed by atoms with Gasteiger partial charge in [-0.2, -0.15) is 0 Å². The fourth-order valence-corrected chi connectivity index (χ4v) is 2.25. The van der Waals surface area contributed by atoms with Crippen molar-refractivity contribution in [2.45, 2.75) is 6.04 Å². The van der Waals surface area contributed by atoms with E-state index in [0.717, 1.165) is 5.52 Å². The molecule has 0 aliphatic carbocycles. The Labute approximate surface area is 108 Å². The third-order valence-electron chi connectivity index (χ3n) is 2.52. The summed E-state index contributed by atoms with van der Waals surface area (Å²) in [5.41, 5.74) is 7.13. The van der Waals surface area contributed by atoms with E-state index in [4.69, 9.17) is 33.7 Å². The normalized spacial score (nSPS) is 13.2. The van der Waals surface area contributed by atoms with Gasteiger partial charge in [-0.25, -0.2) is 9.97 Å². The molecule has 0 saturated carbocycles. The van der Waals surface area contributed by atoms with E-state index < -0.39 is 0 Å². The maximum absolute atomic E-state index is 6.07. The summed E-state index contributed by atoms with van der Waals surface area (Å²) in [5.74, 6) is 0. The van der Waals surface area contributed by atoms with Gasteiger partial charge in [0.1, 0.15) is 5.52 Å². The van der Waals surface area contributed by atoms with Crippen molar-refractivity contribution in [1.82, 2.24) is 14.5 Å². The second-order valence-electron chi connectivity index (χ2n) is 3.59. The molecule has 7 heteroatoms. The first-order valence-corrected chi connectivity index (χ1v) is 5.81. The number of nitrogens with zero attached hydrogens (tertiary/aromatic N) is 3. The summed E-state index contributed by atoms with van der Waals surface area (Å²) in [5, 5.41) is 0.454. The minimum atomic E-state index is -0.000208. The maximum atomic E-state index is 6.07. The monoisotopic (exact) mass is 274 g/mol. The number of rotatable bonds is 4. The molecule has 0 fully saturated rings. The van der Waals surface area contributed by atoms with Crippen molar-refractivity contribution in [3.63, 3.8) is 0 Å². The van der Waals surface area contributed by atoms with E-state index in [2.05, 4.69) is 9.97 Å². The molecule has 17 heavy (non-hydrogen) atoms. The number of ether oxygens (including phenoxy) is 1. The molecule has 2 N–H and O–H groups in total. The van der Waals surface area contributed by atoms with Crippen LogP contribution in [0.15, 0.2) is 12.3 Å². The van der Waals surface area contributed by atoms with Gasteiger partial charge < -0.3 is 15.0 Å². The molecule has 0 bridgehead atoms. The first kappa shape index (κ1) is 12.6. The highest BCUT2D eigenvalue weighted by molar-refractivity contribution is 6.35. The van der Waals surface area contributed by atoms with Crippen LogP contribution in [0, 0.1) is 0 Å². The molecule has 0 spiro atoms. The molecule has 0 aromatic carbocycles. The average molecular weight is 275 g/mol. The molecular weight excluding hydrogens is 263 g/mol. The first-order valence-electron chi connectivity index (χ1n) is 5.06. The average Bonchev–Trinajstić information content (AvgIpc) is 2.69. The summed E-state index contributed by atoms with van der Waals surface area (Å²) in [6.45, 7) is 0.940. The summed E-state index contributed by atoms with van der Waals surface area (Å²) in [6.07, 6.45) is 1.86. The molecule has 0 saturated heterocycles. The fourth-order valence-electron chi connectivity index (χ4n) is 1.76. The van der Waals surface area contributed by atoms with E-state index in [1.165, 1.54) is 0 Å². The molecule has 2 heterocycles. The predicted octanol–water partition coefficient (Wildman–Crippen LogP) is 1.88. The Hall–Kier alpha value is -0.880. The number of hydrogen-bond donors (Lipinski definition) is 1. The second kappa shape index (κ2) is 5.18. The molecule has 0 aliphatic rings. The Kier molecular flexibility index (Phi) is 3.83. The van der Waals surface area contributed by atoms with Gasteiger partial charge in [0.25, 0.3) is 0 Å². The molecule has 0 aliphatic heterocycles. The van der Waals surface area contributed by atoms with Gasteiger partial charge in [0.2, 0.25) is 5.28 Å². The predicted molar refractivity (Wildman–Crippen MR) is 67.5 cm³/mol. The zero-order valence-electron chi connectivity index (χ0n) is 9.23. The van der Waals surface area contributed by atoms with Gasteiger partial charge in [0, 0.05) is 19.9 Å². The van der Waals surface area contributed by atoms with E-state index in [1.807, 2.05) is 16.8 Å². The Morgan fingerprint density at radius 2 is 2.24 bits per heavy atom. The van der Waals surface area contributed by atoms with Crippen molar-refractivity contribution in [3.8, 4) is 0 Å². The van der Waals surface area contributed by atoms with Crippen LogP contribution in [0.2, 0.25) is 10.4 Å². The number of methoxy groups -OCH3 is 1. The molecule has 2 aromatic heterocycles. The fraction of sp³-hybridized carbons (Fsp3) is 0.400. The molecule has 92 valence electrons. The van der Waals surface area contributed by atoms with E-state index in [1.54, 1.807) is 7.11 Å². The van der Waals surface area contributed by atoms with Crippen molar-refractivity contribution in [3.05, 3.63) is 22.7 Å². The molecule has 0 amide bonds. The first-order chi connectivity index (χ1) is 8.17. The van der Waals surface area contributed by atoms with Crippen LogP contribution >= 0.6 is 23.2 Å². The van der Waals surface area contributed by atoms with E-state index in [-0.39, 0.29) is 11.3 Å². The second-order valence-corrected chi connectivity index (χ2v) is 4.28. The Bertz CT molecular complexity index is 528. The van der Waals surface area contributed by atoms with Crippen LogP contribution in [0.1, 0.15) is 6.04 Å². The number of halogens is 2. The molecular formula is C10H12Cl2N4O. The third kappa shape index (κ3) is 2.37. The maximum Gasteiger partial charge on any atom is 0.224 e. The standard InChI is InChI=1S/C10H12Cl2N4O/c1-17-5-6(4-13)16-3-2-7-8(16)9(11)15-10(12)14-7/h2-3,6H,4-5,13H2,1H3/t6-/m1/s1. The van der Waals surface area contributed by atoms with Crippen molar-refractivity contribution in [2.24, 2.45) is 5.73 Å². The van der Waals surface area contributed by atoms with Crippen LogP contribution in [0.5, 0.6) is 0 Å². The topological polar surface area (TPSA) is 66.0 Å². The summed E-state index contributed by atoms with van der Waals surface area (Å²) in [4.78, 5) is 8.03. The van der Waals surface area contributed by atoms with Gasteiger partial charge in [0.15, 0.2) is 5.15 Å². The number of aromatic nitrogens is 3. The lowest BCUT2D eigenvalue weighted by molar-refractivity contribution is 0.160. The summed E-state index contributed by atoms with van der Waals surface area (Å²) in [7, 11) is 1.63. The van der Waals surface area contributed by atoms with Gasteiger partial charge in [-0.05, 0) is 17.7 Å². The Morgan fingerprint density at radius 3 is 2.88 bits per heavy atom. The van der Waals surface area contributed by atoms with Crippen LogP contribution in [0.25, 0.3) is 11.0 Å². The van der Waals surface area contributed by atoms with Crippen molar-refractivity contribution in [1.29, 1.82) is 0 Å². The van der Waals surface area contributed by atoms with E-state index >= 15 is 0 Å². The minimum Gasteiger partial charge on any atom is -0.382 e. The molecule has 0 radical (unpaired) electrons. The van der Waals surface area contributed by atoms with Gasteiger partial charge in [0.05, 0.1) is 18.2 Å². The number of nitrogens with two attached hydrogens (primary N) is 1. The highest BCUT2D eigenvalue weighted by Gasteiger charge is 2.15. The SMILES string of the molecule is COC[C@@H](CN)n1ccc2nc(Cl)nc(Cl)c21. The van der Waals surface area contributed by atoms with Gasteiger partial charge in [-0.1, -0.05) is 11.6 Å².